The van der Waals surface area contributed by atoms with Crippen molar-refractivity contribution in [1.29, 1.82) is 0 Å². The minimum atomic E-state index is 0.551. The van der Waals surface area contributed by atoms with Crippen molar-refractivity contribution in [2.45, 2.75) is 44.6 Å². The maximum Gasteiger partial charge on any atom is 0.195 e. The molecule has 1 aliphatic heterocycles. The fourth-order valence-electron chi connectivity index (χ4n) is 2.15. The lowest BCUT2D eigenvalue weighted by Gasteiger charge is -2.21. The van der Waals surface area contributed by atoms with Gasteiger partial charge in [-0.1, -0.05) is 6.42 Å². The number of aryl methyl sites for hydroxylation is 1. The summed E-state index contributed by atoms with van der Waals surface area (Å²) in [6.45, 7) is 1.85. The largest absolute Gasteiger partial charge is 0.449 e. The van der Waals surface area contributed by atoms with Gasteiger partial charge >= 0.3 is 0 Å². The topological polar surface area (TPSA) is 64.1 Å². The fraction of sp³-hybridized carbons (Fsp3) is 0.750. The first kappa shape index (κ1) is 11.6. The minimum absolute atomic E-state index is 0.551. The van der Waals surface area contributed by atoms with Crippen LogP contribution < -0.4 is 11.1 Å². The van der Waals surface area contributed by atoms with Crippen molar-refractivity contribution in [3.63, 3.8) is 0 Å². The number of rotatable bonds is 5. The molecule has 0 aromatic carbocycles. The molecule has 1 unspecified atom stereocenters. The molecule has 0 aliphatic carbocycles. The number of hydrogen-bond acceptors (Lipinski definition) is 4. The van der Waals surface area contributed by atoms with E-state index in [4.69, 9.17) is 10.2 Å². The summed E-state index contributed by atoms with van der Waals surface area (Å²) in [5.74, 6) is 0.867. The SMILES string of the molecule is NCCCc1coc(CC2CCCCN2)n1. The van der Waals surface area contributed by atoms with E-state index in [0.717, 1.165) is 37.4 Å². The molecule has 0 radical (unpaired) electrons. The molecule has 1 atom stereocenters. The van der Waals surface area contributed by atoms with Crippen molar-refractivity contribution in [3.8, 4) is 0 Å². The number of nitrogens with two attached hydrogens (primary N) is 1. The molecular weight excluding hydrogens is 202 g/mol. The average Bonchev–Trinajstić information content (AvgIpc) is 2.75. The van der Waals surface area contributed by atoms with Crippen molar-refractivity contribution in [1.82, 2.24) is 10.3 Å². The number of hydrogen-bond donors (Lipinski definition) is 2. The Kier molecular flexibility index (Phi) is 4.36. The molecule has 3 N–H and O–H groups in total. The van der Waals surface area contributed by atoms with E-state index in [9.17, 15) is 0 Å². The van der Waals surface area contributed by atoms with Crippen LogP contribution in [-0.4, -0.2) is 24.1 Å². The number of nitrogens with one attached hydrogen (secondary N) is 1. The average molecular weight is 223 g/mol. The lowest BCUT2D eigenvalue weighted by atomic mass is 10.0. The first-order chi connectivity index (χ1) is 7.88. The van der Waals surface area contributed by atoms with Crippen LogP contribution >= 0.6 is 0 Å². The second-order valence-electron chi connectivity index (χ2n) is 4.48. The van der Waals surface area contributed by atoms with Gasteiger partial charge in [0.2, 0.25) is 0 Å². The first-order valence-corrected chi connectivity index (χ1v) is 6.25. The summed E-state index contributed by atoms with van der Waals surface area (Å²) in [5, 5.41) is 3.50. The predicted molar refractivity (Wildman–Crippen MR) is 63.2 cm³/mol. The van der Waals surface area contributed by atoms with Crippen molar-refractivity contribution in [2.24, 2.45) is 5.73 Å². The normalized spacial score (nSPS) is 21.2. The van der Waals surface area contributed by atoms with E-state index in [0.29, 0.717) is 12.6 Å². The van der Waals surface area contributed by atoms with Gasteiger partial charge in [-0.3, -0.25) is 0 Å². The van der Waals surface area contributed by atoms with Crippen LogP contribution in [0.5, 0.6) is 0 Å². The van der Waals surface area contributed by atoms with Crippen molar-refractivity contribution in [2.75, 3.05) is 13.1 Å². The zero-order valence-electron chi connectivity index (χ0n) is 9.74. The molecule has 4 nitrogen and oxygen atoms in total. The molecule has 0 amide bonds. The Labute approximate surface area is 96.6 Å². The molecule has 1 fully saturated rings. The highest BCUT2D eigenvalue weighted by atomic mass is 16.3. The van der Waals surface area contributed by atoms with E-state index in [2.05, 4.69) is 10.3 Å². The summed E-state index contributed by atoms with van der Waals surface area (Å²) in [6.07, 6.45) is 8.45. The van der Waals surface area contributed by atoms with Crippen LogP contribution in [0.25, 0.3) is 0 Å². The van der Waals surface area contributed by atoms with Crippen LogP contribution in [0.4, 0.5) is 0 Å². The summed E-state index contributed by atoms with van der Waals surface area (Å²) < 4.78 is 5.47. The van der Waals surface area contributed by atoms with Gasteiger partial charge in [0.05, 0.1) is 5.69 Å². The van der Waals surface area contributed by atoms with Crippen molar-refractivity contribution < 1.29 is 4.42 Å². The molecule has 4 heteroatoms. The second kappa shape index (κ2) is 6.01. The highest BCUT2D eigenvalue weighted by Gasteiger charge is 2.15. The quantitative estimate of drug-likeness (QED) is 0.788. The van der Waals surface area contributed by atoms with Crippen LogP contribution in [0.3, 0.4) is 0 Å². The van der Waals surface area contributed by atoms with Crippen LogP contribution in [0.15, 0.2) is 10.7 Å². The Morgan fingerprint density at radius 2 is 2.44 bits per heavy atom. The Hall–Kier alpha value is -0.870. The monoisotopic (exact) mass is 223 g/mol. The number of piperidine rings is 1. The molecule has 0 spiro atoms. The van der Waals surface area contributed by atoms with Gasteiger partial charge in [0, 0.05) is 12.5 Å². The van der Waals surface area contributed by atoms with Crippen LogP contribution in [-0.2, 0) is 12.8 Å². The molecule has 2 rings (SSSR count). The molecule has 90 valence electrons. The van der Waals surface area contributed by atoms with Gasteiger partial charge in [-0.05, 0) is 38.8 Å². The predicted octanol–water partition coefficient (Wildman–Crippen LogP) is 1.25. The Morgan fingerprint density at radius 1 is 1.50 bits per heavy atom. The minimum Gasteiger partial charge on any atom is -0.449 e. The van der Waals surface area contributed by atoms with Crippen molar-refractivity contribution >= 4 is 0 Å². The molecule has 0 saturated carbocycles. The van der Waals surface area contributed by atoms with E-state index < -0.39 is 0 Å². The lowest BCUT2D eigenvalue weighted by Crippen LogP contribution is -2.35. The van der Waals surface area contributed by atoms with E-state index in [1.165, 1.54) is 19.3 Å². The standard InChI is InChI=1S/C12H21N3O/c13-6-3-5-11-9-16-12(15-11)8-10-4-1-2-7-14-10/h9-10,14H,1-8,13H2. The van der Waals surface area contributed by atoms with Gasteiger partial charge in [0.1, 0.15) is 6.26 Å². The third kappa shape index (κ3) is 3.32. The summed E-state index contributed by atoms with van der Waals surface area (Å²) >= 11 is 0. The molecule has 0 bridgehead atoms. The zero-order chi connectivity index (χ0) is 11.2. The van der Waals surface area contributed by atoms with Gasteiger partial charge in [0.25, 0.3) is 0 Å². The second-order valence-corrected chi connectivity index (χ2v) is 4.48. The zero-order valence-corrected chi connectivity index (χ0v) is 9.74. The summed E-state index contributed by atoms with van der Waals surface area (Å²) in [5.41, 5.74) is 6.50. The summed E-state index contributed by atoms with van der Waals surface area (Å²) in [6, 6.07) is 0.551. The van der Waals surface area contributed by atoms with Gasteiger partial charge in [-0.2, -0.15) is 0 Å². The Morgan fingerprint density at radius 3 is 3.19 bits per heavy atom. The molecular formula is C12H21N3O. The lowest BCUT2D eigenvalue weighted by molar-refractivity contribution is 0.367. The van der Waals surface area contributed by atoms with Crippen molar-refractivity contribution in [3.05, 3.63) is 17.8 Å². The molecule has 16 heavy (non-hydrogen) atoms. The van der Waals surface area contributed by atoms with Gasteiger partial charge in [0.15, 0.2) is 5.89 Å². The third-order valence-corrected chi connectivity index (χ3v) is 3.07. The molecule has 1 saturated heterocycles. The number of aromatic nitrogens is 1. The Balaban J connectivity index is 1.81. The van der Waals surface area contributed by atoms with E-state index >= 15 is 0 Å². The van der Waals surface area contributed by atoms with Crippen LogP contribution in [0.2, 0.25) is 0 Å². The molecule has 1 aromatic heterocycles. The van der Waals surface area contributed by atoms with E-state index in [1.54, 1.807) is 6.26 Å². The smallest absolute Gasteiger partial charge is 0.195 e. The van der Waals surface area contributed by atoms with E-state index in [-0.39, 0.29) is 0 Å². The van der Waals surface area contributed by atoms with Crippen LogP contribution in [0, 0.1) is 0 Å². The number of nitrogens with zero attached hydrogens (tertiary/aromatic N) is 1. The highest BCUT2D eigenvalue weighted by molar-refractivity contribution is 4.98. The van der Waals surface area contributed by atoms with Crippen LogP contribution in [0.1, 0.15) is 37.3 Å². The molecule has 1 aromatic rings. The highest BCUT2D eigenvalue weighted by Crippen LogP contribution is 2.13. The third-order valence-electron chi connectivity index (χ3n) is 3.07. The molecule has 2 heterocycles. The maximum atomic E-state index is 5.47. The summed E-state index contributed by atoms with van der Waals surface area (Å²) in [4.78, 5) is 4.48. The maximum absolute atomic E-state index is 5.47. The summed E-state index contributed by atoms with van der Waals surface area (Å²) in [7, 11) is 0. The number of oxazole rings is 1. The van der Waals surface area contributed by atoms with Gasteiger partial charge in [-0.15, -0.1) is 0 Å². The molecule has 1 aliphatic rings. The van der Waals surface area contributed by atoms with E-state index in [1.807, 2.05) is 0 Å². The first-order valence-electron chi connectivity index (χ1n) is 6.25. The van der Waals surface area contributed by atoms with Gasteiger partial charge < -0.3 is 15.5 Å². The fourth-order valence-corrected chi connectivity index (χ4v) is 2.15. The van der Waals surface area contributed by atoms with Gasteiger partial charge in [-0.25, -0.2) is 4.98 Å². The Bertz CT molecular complexity index is 305.